The summed E-state index contributed by atoms with van der Waals surface area (Å²) in [6, 6.07) is 3.45. The molecule has 17 heavy (non-hydrogen) atoms. The Morgan fingerprint density at radius 1 is 1.29 bits per heavy atom. The molecule has 0 saturated heterocycles. The van der Waals surface area contributed by atoms with Crippen molar-refractivity contribution in [2.24, 2.45) is 0 Å². The third-order valence-corrected chi connectivity index (χ3v) is 4.44. The van der Waals surface area contributed by atoms with E-state index in [2.05, 4.69) is 10.3 Å². The van der Waals surface area contributed by atoms with Crippen LogP contribution in [0.1, 0.15) is 20.8 Å². The molecule has 1 heterocycles. The van der Waals surface area contributed by atoms with Crippen LogP contribution in [0.25, 0.3) is 0 Å². The maximum atomic E-state index is 12.3. The fourth-order valence-electron chi connectivity index (χ4n) is 1.61. The number of pyridine rings is 1. The molecular formula is C11H19N3O2S. The van der Waals surface area contributed by atoms with Crippen molar-refractivity contribution < 1.29 is 8.42 Å². The molecule has 1 rings (SSSR count). The first kappa shape index (κ1) is 13.9. The van der Waals surface area contributed by atoms with Crippen LogP contribution in [-0.2, 0) is 10.0 Å². The molecule has 1 aromatic heterocycles. The van der Waals surface area contributed by atoms with Gasteiger partial charge < -0.3 is 5.32 Å². The van der Waals surface area contributed by atoms with Gasteiger partial charge in [-0.2, -0.15) is 4.31 Å². The van der Waals surface area contributed by atoms with Gasteiger partial charge in [-0.05, 0) is 19.1 Å². The molecule has 96 valence electrons. The topological polar surface area (TPSA) is 62.3 Å². The number of rotatable bonds is 6. The monoisotopic (exact) mass is 257 g/mol. The molecule has 1 aromatic rings. The number of sulfonamides is 1. The fraction of sp³-hybridized carbons (Fsp3) is 0.545. The molecule has 0 aliphatic carbocycles. The van der Waals surface area contributed by atoms with E-state index in [-0.39, 0.29) is 5.03 Å². The van der Waals surface area contributed by atoms with E-state index >= 15 is 0 Å². The molecule has 0 amide bonds. The molecule has 0 spiro atoms. The van der Waals surface area contributed by atoms with Crippen molar-refractivity contribution in [2.75, 3.05) is 25.0 Å². The van der Waals surface area contributed by atoms with Gasteiger partial charge in [0.25, 0.3) is 10.0 Å². The fourth-order valence-corrected chi connectivity index (χ4v) is 3.14. The second-order valence-electron chi connectivity index (χ2n) is 3.48. The number of aromatic nitrogens is 1. The number of hydrogen-bond donors (Lipinski definition) is 1. The summed E-state index contributed by atoms with van der Waals surface area (Å²) in [6.07, 6.45) is 1.50. The van der Waals surface area contributed by atoms with Crippen molar-refractivity contribution >= 4 is 15.7 Å². The van der Waals surface area contributed by atoms with Gasteiger partial charge in [0.15, 0.2) is 5.03 Å². The lowest BCUT2D eigenvalue weighted by Gasteiger charge is -2.19. The van der Waals surface area contributed by atoms with Gasteiger partial charge in [0.1, 0.15) is 0 Å². The normalized spacial score (nSPS) is 11.8. The van der Waals surface area contributed by atoms with Crippen LogP contribution in [0.15, 0.2) is 23.4 Å². The molecule has 0 atom stereocenters. The zero-order chi connectivity index (χ0) is 12.9. The Kier molecular flexibility index (Phi) is 4.89. The van der Waals surface area contributed by atoms with E-state index in [1.165, 1.54) is 10.5 Å². The minimum Gasteiger partial charge on any atom is -0.383 e. The molecule has 5 nitrogen and oxygen atoms in total. The highest BCUT2D eigenvalue weighted by Gasteiger charge is 2.25. The number of hydrogen-bond acceptors (Lipinski definition) is 4. The maximum absolute atomic E-state index is 12.3. The summed E-state index contributed by atoms with van der Waals surface area (Å²) in [5.74, 6) is 0. The highest BCUT2D eigenvalue weighted by molar-refractivity contribution is 7.89. The van der Waals surface area contributed by atoms with Crippen LogP contribution in [0.2, 0.25) is 0 Å². The van der Waals surface area contributed by atoms with Gasteiger partial charge in [-0.1, -0.05) is 13.8 Å². The Labute approximate surface area is 103 Å². The Hall–Kier alpha value is -1.14. The first-order valence-electron chi connectivity index (χ1n) is 5.76. The largest absolute Gasteiger partial charge is 0.383 e. The summed E-state index contributed by atoms with van der Waals surface area (Å²) in [7, 11) is -3.49. The van der Waals surface area contributed by atoms with Crippen molar-refractivity contribution in [1.29, 1.82) is 0 Å². The average molecular weight is 257 g/mol. The van der Waals surface area contributed by atoms with Crippen LogP contribution in [0.3, 0.4) is 0 Å². The predicted octanol–water partition coefficient (Wildman–Crippen LogP) is 1.54. The van der Waals surface area contributed by atoms with Gasteiger partial charge >= 0.3 is 0 Å². The van der Waals surface area contributed by atoms with E-state index in [9.17, 15) is 8.42 Å². The molecule has 0 radical (unpaired) electrons. The van der Waals surface area contributed by atoms with Crippen molar-refractivity contribution in [3.63, 3.8) is 0 Å². The highest BCUT2D eigenvalue weighted by atomic mass is 32.2. The second-order valence-corrected chi connectivity index (χ2v) is 5.33. The summed E-state index contributed by atoms with van der Waals surface area (Å²) >= 11 is 0. The summed E-state index contributed by atoms with van der Waals surface area (Å²) in [6.45, 7) is 7.10. The van der Waals surface area contributed by atoms with Gasteiger partial charge in [0.2, 0.25) is 0 Å². The number of nitrogens with zero attached hydrogens (tertiary/aromatic N) is 2. The van der Waals surface area contributed by atoms with Crippen LogP contribution in [0.4, 0.5) is 5.69 Å². The van der Waals surface area contributed by atoms with Gasteiger partial charge in [-0.15, -0.1) is 0 Å². The minimum absolute atomic E-state index is 0.102. The maximum Gasteiger partial charge on any atom is 0.262 e. The van der Waals surface area contributed by atoms with Crippen molar-refractivity contribution in [1.82, 2.24) is 9.29 Å². The van der Waals surface area contributed by atoms with E-state index in [0.717, 1.165) is 0 Å². The smallest absolute Gasteiger partial charge is 0.262 e. The van der Waals surface area contributed by atoms with Gasteiger partial charge in [-0.3, -0.25) is 0 Å². The summed E-state index contributed by atoms with van der Waals surface area (Å²) < 4.78 is 26.0. The van der Waals surface area contributed by atoms with E-state index in [1.807, 2.05) is 20.8 Å². The molecule has 0 aliphatic rings. The van der Waals surface area contributed by atoms with Crippen molar-refractivity contribution in [3.05, 3.63) is 18.3 Å². The lowest BCUT2D eigenvalue weighted by atomic mass is 10.4. The predicted molar refractivity (Wildman–Crippen MR) is 68.5 cm³/mol. The molecule has 0 aromatic carbocycles. The third kappa shape index (κ3) is 2.95. The van der Waals surface area contributed by atoms with Crippen molar-refractivity contribution in [3.8, 4) is 0 Å². The molecular weight excluding hydrogens is 238 g/mol. The lowest BCUT2D eigenvalue weighted by molar-refractivity contribution is 0.443. The lowest BCUT2D eigenvalue weighted by Crippen LogP contribution is -2.31. The molecule has 0 unspecified atom stereocenters. The average Bonchev–Trinajstić information content (AvgIpc) is 2.31. The van der Waals surface area contributed by atoms with Gasteiger partial charge in [-0.25, -0.2) is 13.4 Å². The number of anilines is 1. The molecule has 6 heteroatoms. The Morgan fingerprint density at radius 3 is 2.47 bits per heavy atom. The SMILES string of the molecule is CCNc1cccnc1S(=O)(=O)N(CC)CC. The van der Waals surface area contributed by atoms with Crippen LogP contribution < -0.4 is 5.32 Å². The van der Waals surface area contributed by atoms with E-state index in [0.29, 0.717) is 25.3 Å². The summed E-state index contributed by atoms with van der Waals surface area (Å²) in [4.78, 5) is 3.99. The van der Waals surface area contributed by atoms with Crippen LogP contribution in [-0.4, -0.2) is 37.3 Å². The highest BCUT2D eigenvalue weighted by Crippen LogP contribution is 2.21. The quantitative estimate of drug-likeness (QED) is 0.839. The molecule has 0 bridgehead atoms. The molecule has 0 saturated carbocycles. The van der Waals surface area contributed by atoms with Crippen molar-refractivity contribution in [2.45, 2.75) is 25.8 Å². The van der Waals surface area contributed by atoms with Crippen LogP contribution >= 0.6 is 0 Å². The molecule has 0 fully saturated rings. The van der Waals surface area contributed by atoms with E-state index in [1.54, 1.807) is 12.1 Å². The Balaban J connectivity index is 3.23. The standard InChI is InChI=1S/C11H19N3O2S/c1-4-12-10-8-7-9-13-11(10)17(15,16)14(5-2)6-3/h7-9,12H,4-6H2,1-3H3. The summed E-state index contributed by atoms with van der Waals surface area (Å²) in [5.41, 5.74) is 0.557. The second kappa shape index (κ2) is 5.97. The molecule has 0 aliphatic heterocycles. The van der Waals surface area contributed by atoms with E-state index in [4.69, 9.17) is 0 Å². The van der Waals surface area contributed by atoms with Crippen LogP contribution in [0, 0.1) is 0 Å². The Morgan fingerprint density at radius 2 is 1.94 bits per heavy atom. The zero-order valence-corrected chi connectivity index (χ0v) is 11.3. The minimum atomic E-state index is -3.49. The Bertz CT molecular complexity index is 456. The molecule has 1 N–H and O–H groups in total. The third-order valence-electron chi connectivity index (χ3n) is 2.43. The van der Waals surface area contributed by atoms with Gasteiger partial charge in [0.05, 0.1) is 5.69 Å². The first-order chi connectivity index (χ1) is 8.07. The van der Waals surface area contributed by atoms with E-state index < -0.39 is 10.0 Å². The number of nitrogens with one attached hydrogen (secondary N) is 1. The first-order valence-corrected chi connectivity index (χ1v) is 7.20. The van der Waals surface area contributed by atoms with Crippen LogP contribution in [0.5, 0.6) is 0 Å². The van der Waals surface area contributed by atoms with Gasteiger partial charge in [0, 0.05) is 25.8 Å². The zero-order valence-electron chi connectivity index (χ0n) is 10.5. The summed E-state index contributed by atoms with van der Waals surface area (Å²) in [5, 5.41) is 3.12.